The van der Waals surface area contributed by atoms with Crippen molar-refractivity contribution in [3.63, 3.8) is 0 Å². The summed E-state index contributed by atoms with van der Waals surface area (Å²) >= 11 is 0. The van der Waals surface area contributed by atoms with Crippen LogP contribution in [0.3, 0.4) is 0 Å². The molecule has 3 N–H and O–H groups in total. The lowest BCUT2D eigenvalue weighted by Gasteiger charge is -2.19. The van der Waals surface area contributed by atoms with Gasteiger partial charge in [0, 0.05) is 19.0 Å². The highest BCUT2D eigenvalue weighted by Crippen LogP contribution is 1.94. The zero-order chi connectivity index (χ0) is 8.85. The lowest BCUT2D eigenvalue weighted by molar-refractivity contribution is 0.277. The molecule has 0 spiro atoms. The molecule has 11 heavy (non-hydrogen) atoms. The molecule has 0 heterocycles. The summed E-state index contributed by atoms with van der Waals surface area (Å²) in [5.41, 5.74) is 5.29. The summed E-state index contributed by atoms with van der Waals surface area (Å²) in [5, 5.41) is 11.1. The van der Waals surface area contributed by atoms with Gasteiger partial charge in [0.25, 0.3) is 0 Å². The third kappa shape index (κ3) is 4.61. The number of hydrogen-bond acceptors (Lipinski definition) is 3. The van der Waals surface area contributed by atoms with Crippen LogP contribution in [0.4, 0.5) is 0 Å². The molecule has 4 heteroatoms. The molecular weight excluding hydrogens is 142 g/mol. The molecule has 0 saturated carbocycles. The number of amidine groups is 1. The van der Waals surface area contributed by atoms with Gasteiger partial charge >= 0.3 is 0 Å². The summed E-state index contributed by atoms with van der Waals surface area (Å²) in [6.07, 6.45) is 0.616. The summed E-state index contributed by atoms with van der Waals surface area (Å²) in [5.74, 6) is 0.289. The van der Waals surface area contributed by atoms with Gasteiger partial charge in [0.05, 0.1) is 0 Å². The first-order valence-electron chi connectivity index (χ1n) is 3.74. The highest BCUT2D eigenvalue weighted by Gasteiger charge is 2.03. The lowest BCUT2D eigenvalue weighted by atomic mass is 10.3. The molecular formula is C7H17N3O. The number of nitrogens with zero attached hydrogens (tertiary/aromatic N) is 2. The largest absolute Gasteiger partial charge is 0.409 e. The molecule has 0 amide bonds. The van der Waals surface area contributed by atoms with Gasteiger partial charge in [0.1, 0.15) is 5.84 Å². The molecule has 0 aliphatic carbocycles. The first-order valence-corrected chi connectivity index (χ1v) is 3.74. The van der Waals surface area contributed by atoms with E-state index in [0.29, 0.717) is 12.5 Å². The van der Waals surface area contributed by atoms with E-state index in [1.165, 1.54) is 0 Å². The quantitative estimate of drug-likeness (QED) is 0.271. The standard InChI is InChI=1S/C7H17N3O/c1-6(2)10(3)5-4-7(8)9-11/h6,11H,4-5H2,1-3H3,(H2,8,9). The van der Waals surface area contributed by atoms with Crippen LogP contribution in [0.1, 0.15) is 20.3 Å². The molecule has 0 rings (SSSR count). The van der Waals surface area contributed by atoms with Crippen molar-refractivity contribution in [1.82, 2.24) is 4.90 Å². The Labute approximate surface area is 67.7 Å². The van der Waals surface area contributed by atoms with E-state index in [1.54, 1.807) is 0 Å². The van der Waals surface area contributed by atoms with E-state index in [1.807, 2.05) is 7.05 Å². The smallest absolute Gasteiger partial charge is 0.140 e. The molecule has 0 aliphatic heterocycles. The van der Waals surface area contributed by atoms with Gasteiger partial charge in [-0.25, -0.2) is 0 Å². The van der Waals surface area contributed by atoms with Gasteiger partial charge in [-0.05, 0) is 20.9 Å². The molecule has 66 valence electrons. The molecule has 0 radical (unpaired) electrons. The third-order valence-corrected chi connectivity index (χ3v) is 1.73. The molecule has 0 bridgehead atoms. The SMILES string of the molecule is CC(C)N(C)CC/C(N)=N/O. The van der Waals surface area contributed by atoms with Gasteiger partial charge in [-0.15, -0.1) is 0 Å². The zero-order valence-electron chi connectivity index (χ0n) is 7.41. The van der Waals surface area contributed by atoms with E-state index in [2.05, 4.69) is 23.9 Å². The van der Waals surface area contributed by atoms with Gasteiger partial charge < -0.3 is 15.8 Å². The Kier molecular flexibility index (Phi) is 4.61. The highest BCUT2D eigenvalue weighted by atomic mass is 16.4. The Hall–Kier alpha value is -0.770. The maximum atomic E-state index is 8.23. The van der Waals surface area contributed by atoms with Crippen molar-refractivity contribution in [3.05, 3.63) is 0 Å². The van der Waals surface area contributed by atoms with Crippen LogP contribution >= 0.6 is 0 Å². The molecule has 0 unspecified atom stereocenters. The van der Waals surface area contributed by atoms with Gasteiger partial charge in [0.15, 0.2) is 0 Å². The average molecular weight is 159 g/mol. The molecule has 0 atom stereocenters. The summed E-state index contributed by atoms with van der Waals surface area (Å²) in [6, 6.07) is 0.501. The third-order valence-electron chi connectivity index (χ3n) is 1.73. The van der Waals surface area contributed by atoms with Gasteiger partial charge in [-0.1, -0.05) is 5.16 Å². The van der Waals surface area contributed by atoms with E-state index in [4.69, 9.17) is 10.9 Å². The minimum atomic E-state index is 0.289. The fraction of sp³-hybridized carbons (Fsp3) is 0.857. The van der Waals surface area contributed by atoms with Crippen LogP contribution < -0.4 is 5.73 Å². The Morgan fingerprint density at radius 1 is 1.64 bits per heavy atom. The molecule has 0 aromatic heterocycles. The van der Waals surface area contributed by atoms with Crippen molar-refractivity contribution in [1.29, 1.82) is 0 Å². The molecule has 0 aromatic carbocycles. The average Bonchev–Trinajstić information content (AvgIpc) is 1.99. The lowest BCUT2D eigenvalue weighted by Crippen LogP contribution is -2.30. The van der Waals surface area contributed by atoms with E-state index < -0.39 is 0 Å². The normalized spacial score (nSPS) is 13.0. The van der Waals surface area contributed by atoms with Gasteiger partial charge in [-0.2, -0.15) is 0 Å². The molecule has 0 aliphatic rings. The summed E-state index contributed by atoms with van der Waals surface area (Å²) < 4.78 is 0. The maximum absolute atomic E-state index is 8.23. The Morgan fingerprint density at radius 3 is 2.55 bits per heavy atom. The second-order valence-corrected chi connectivity index (χ2v) is 2.92. The van der Waals surface area contributed by atoms with E-state index in [0.717, 1.165) is 6.54 Å². The molecule has 0 aromatic rings. The van der Waals surface area contributed by atoms with Crippen molar-refractivity contribution in [2.45, 2.75) is 26.3 Å². The minimum absolute atomic E-state index is 0.289. The van der Waals surface area contributed by atoms with E-state index in [9.17, 15) is 0 Å². The fourth-order valence-corrected chi connectivity index (χ4v) is 0.599. The van der Waals surface area contributed by atoms with E-state index >= 15 is 0 Å². The van der Waals surface area contributed by atoms with Crippen LogP contribution in [0, 0.1) is 0 Å². The van der Waals surface area contributed by atoms with Crippen molar-refractivity contribution in [2.75, 3.05) is 13.6 Å². The summed E-state index contributed by atoms with van der Waals surface area (Å²) in [6.45, 7) is 5.03. The Balaban J connectivity index is 3.54. The number of oxime groups is 1. The second-order valence-electron chi connectivity index (χ2n) is 2.92. The second kappa shape index (κ2) is 4.96. The first-order chi connectivity index (χ1) is 5.07. The van der Waals surface area contributed by atoms with Crippen molar-refractivity contribution in [3.8, 4) is 0 Å². The predicted octanol–water partition coefficient (Wildman–Crippen LogP) is 0.463. The maximum Gasteiger partial charge on any atom is 0.140 e. The zero-order valence-corrected chi connectivity index (χ0v) is 7.41. The topological polar surface area (TPSA) is 61.8 Å². The van der Waals surface area contributed by atoms with Crippen LogP contribution in [-0.2, 0) is 0 Å². The minimum Gasteiger partial charge on any atom is -0.409 e. The van der Waals surface area contributed by atoms with Crippen molar-refractivity contribution >= 4 is 5.84 Å². The monoisotopic (exact) mass is 159 g/mol. The Bertz CT molecular complexity index is 134. The van der Waals surface area contributed by atoms with Crippen LogP contribution in [0.5, 0.6) is 0 Å². The predicted molar refractivity (Wildman–Crippen MR) is 45.8 cm³/mol. The van der Waals surface area contributed by atoms with Crippen LogP contribution in [0.2, 0.25) is 0 Å². The number of rotatable bonds is 4. The van der Waals surface area contributed by atoms with Crippen LogP contribution in [0.15, 0.2) is 5.16 Å². The first kappa shape index (κ1) is 10.2. The molecule has 0 fully saturated rings. The molecule has 4 nitrogen and oxygen atoms in total. The molecule has 0 saturated heterocycles. The summed E-state index contributed by atoms with van der Waals surface area (Å²) in [7, 11) is 2.01. The number of hydrogen-bond donors (Lipinski definition) is 2. The Morgan fingerprint density at radius 2 is 2.18 bits per heavy atom. The highest BCUT2D eigenvalue weighted by molar-refractivity contribution is 5.79. The summed E-state index contributed by atoms with van der Waals surface area (Å²) in [4.78, 5) is 2.14. The number of nitrogens with two attached hydrogens (primary N) is 1. The van der Waals surface area contributed by atoms with Crippen molar-refractivity contribution < 1.29 is 5.21 Å². The van der Waals surface area contributed by atoms with Crippen LogP contribution in [-0.4, -0.2) is 35.6 Å². The van der Waals surface area contributed by atoms with E-state index in [-0.39, 0.29) is 5.84 Å². The van der Waals surface area contributed by atoms with Crippen LogP contribution in [0.25, 0.3) is 0 Å². The van der Waals surface area contributed by atoms with Crippen molar-refractivity contribution in [2.24, 2.45) is 10.9 Å². The van der Waals surface area contributed by atoms with Gasteiger partial charge in [-0.3, -0.25) is 0 Å². The van der Waals surface area contributed by atoms with Gasteiger partial charge in [0.2, 0.25) is 0 Å². The fourth-order valence-electron chi connectivity index (χ4n) is 0.599.